The van der Waals surface area contributed by atoms with Crippen LogP contribution in [0.3, 0.4) is 0 Å². The Kier molecular flexibility index (Phi) is 2.60. The minimum absolute atomic E-state index is 0.675. The molecule has 86 valence electrons. The zero-order chi connectivity index (χ0) is 11.0. The Bertz CT molecular complexity index is 374. The zero-order valence-corrected chi connectivity index (χ0v) is 9.83. The van der Waals surface area contributed by atoms with Crippen LogP contribution in [0, 0.1) is 0 Å². The van der Waals surface area contributed by atoms with Gasteiger partial charge in [-0.3, -0.25) is 0 Å². The summed E-state index contributed by atoms with van der Waals surface area (Å²) in [5.74, 6) is 1.77. The molecule has 0 spiro atoms. The third kappa shape index (κ3) is 1.52. The fraction of sp³-hybridized carbons (Fsp3) is 0.571. The maximum Gasteiger partial charge on any atom is 0.122 e. The van der Waals surface area contributed by atoms with Crippen molar-refractivity contribution < 1.29 is 4.74 Å². The summed E-state index contributed by atoms with van der Waals surface area (Å²) in [5, 5.41) is 3.66. The van der Waals surface area contributed by atoms with Crippen molar-refractivity contribution in [2.45, 2.75) is 37.6 Å². The minimum Gasteiger partial charge on any atom is -0.496 e. The van der Waals surface area contributed by atoms with E-state index in [1.165, 1.54) is 43.4 Å². The van der Waals surface area contributed by atoms with Crippen molar-refractivity contribution >= 4 is 0 Å². The predicted octanol–water partition coefficient (Wildman–Crippen LogP) is 2.48. The van der Waals surface area contributed by atoms with Gasteiger partial charge in [0.05, 0.1) is 7.11 Å². The van der Waals surface area contributed by atoms with Gasteiger partial charge in [0.25, 0.3) is 0 Å². The van der Waals surface area contributed by atoms with Gasteiger partial charge in [0.15, 0.2) is 0 Å². The molecule has 0 radical (unpaired) electrons. The van der Waals surface area contributed by atoms with Gasteiger partial charge in [-0.15, -0.1) is 0 Å². The number of nitrogens with one attached hydrogen (secondary N) is 1. The van der Waals surface area contributed by atoms with E-state index in [1.54, 1.807) is 7.11 Å². The molecule has 1 saturated heterocycles. The number of rotatable bonds is 1. The molecule has 2 heteroatoms. The first-order valence-corrected chi connectivity index (χ1v) is 6.29. The molecular weight excluding hydrogens is 198 g/mol. The third-order valence-electron chi connectivity index (χ3n) is 4.06. The predicted molar refractivity (Wildman–Crippen MR) is 65.1 cm³/mol. The number of hydrogen-bond acceptors (Lipinski definition) is 2. The molecule has 1 heterocycles. The highest BCUT2D eigenvalue weighted by molar-refractivity contribution is 5.45. The molecule has 0 saturated carbocycles. The summed E-state index contributed by atoms with van der Waals surface area (Å²) in [6.07, 6.45) is 5.08. The summed E-state index contributed by atoms with van der Waals surface area (Å²) in [6.45, 7) is 1.19. The van der Waals surface area contributed by atoms with E-state index in [4.69, 9.17) is 4.74 Å². The first-order chi connectivity index (χ1) is 7.90. The Morgan fingerprint density at radius 1 is 1.31 bits per heavy atom. The van der Waals surface area contributed by atoms with Crippen molar-refractivity contribution in [3.63, 3.8) is 0 Å². The van der Waals surface area contributed by atoms with Gasteiger partial charge in [-0.25, -0.2) is 0 Å². The minimum atomic E-state index is 0.675. The lowest BCUT2D eigenvalue weighted by Crippen LogP contribution is -2.42. The second-order valence-electron chi connectivity index (χ2n) is 4.88. The van der Waals surface area contributed by atoms with Gasteiger partial charge in [-0.05, 0) is 43.9 Å². The van der Waals surface area contributed by atoms with Gasteiger partial charge in [0.1, 0.15) is 5.75 Å². The van der Waals surface area contributed by atoms with Crippen LogP contribution in [-0.4, -0.2) is 19.7 Å². The van der Waals surface area contributed by atoms with Crippen molar-refractivity contribution in [1.29, 1.82) is 0 Å². The highest BCUT2D eigenvalue weighted by Gasteiger charge is 2.33. The van der Waals surface area contributed by atoms with Crippen molar-refractivity contribution in [3.8, 4) is 5.75 Å². The molecule has 1 N–H and O–H groups in total. The highest BCUT2D eigenvalue weighted by Crippen LogP contribution is 2.41. The van der Waals surface area contributed by atoms with E-state index in [1.807, 2.05) is 0 Å². The molecular formula is C14H19NO. The van der Waals surface area contributed by atoms with E-state index in [9.17, 15) is 0 Å². The maximum absolute atomic E-state index is 5.53. The maximum atomic E-state index is 5.53. The Hall–Kier alpha value is -1.02. The SMILES string of the molecule is COc1cccc2c1C1CCCN[C@H]1CC2. The third-order valence-corrected chi connectivity index (χ3v) is 4.06. The number of piperidine rings is 1. The molecule has 1 aliphatic carbocycles. The number of fused-ring (bicyclic) bond motifs is 3. The van der Waals surface area contributed by atoms with Crippen LogP contribution in [0.15, 0.2) is 18.2 Å². The number of ether oxygens (including phenoxy) is 1. The Labute approximate surface area is 97.0 Å². The second-order valence-corrected chi connectivity index (χ2v) is 4.88. The van der Waals surface area contributed by atoms with E-state index in [0.29, 0.717) is 12.0 Å². The molecule has 1 fully saturated rings. The van der Waals surface area contributed by atoms with Crippen LogP contribution in [0.25, 0.3) is 0 Å². The molecule has 2 nitrogen and oxygen atoms in total. The van der Waals surface area contributed by atoms with Crippen LogP contribution >= 0.6 is 0 Å². The molecule has 1 aliphatic heterocycles. The summed E-state index contributed by atoms with van der Waals surface area (Å²) in [6, 6.07) is 7.17. The van der Waals surface area contributed by atoms with Crippen LogP contribution < -0.4 is 10.1 Å². The summed E-state index contributed by atoms with van der Waals surface area (Å²) < 4.78 is 5.53. The Morgan fingerprint density at radius 2 is 2.25 bits per heavy atom. The monoisotopic (exact) mass is 217 g/mol. The largest absolute Gasteiger partial charge is 0.496 e. The second kappa shape index (κ2) is 4.10. The average molecular weight is 217 g/mol. The smallest absolute Gasteiger partial charge is 0.122 e. The summed E-state index contributed by atoms with van der Waals surface area (Å²) >= 11 is 0. The zero-order valence-electron chi connectivity index (χ0n) is 9.83. The van der Waals surface area contributed by atoms with Gasteiger partial charge < -0.3 is 10.1 Å². The van der Waals surface area contributed by atoms with E-state index < -0.39 is 0 Å². The first kappa shape index (κ1) is 10.2. The topological polar surface area (TPSA) is 21.3 Å². The van der Waals surface area contributed by atoms with Gasteiger partial charge in [-0.1, -0.05) is 12.1 Å². The van der Waals surface area contributed by atoms with Gasteiger partial charge in [-0.2, -0.15) is 0 Å². The number of hydrogen-bond donors (Lipinski definition) is 1. The van der Waals surface area contributed by atoms with E-state index in [2.05, 4.69) is 23.5 Å². The number of methoxy groups -OCH3 is 1. The molecule has 1 aromatic carbocycles. The Balaban J connectivity index is 2.05. The fourth-order valence-electron chi connectivity index (χ4n) is 3.32. The number of aryl methyl sites for hydroxylation is 1. The molecule has 0 aromatic heterocycles. The molecule has 1 unspecified atom stereocenters. The summed E-state index contributed by atoms with van der Waals surface area (Å²) in [7, 11) is 1.79. The normalized spacial score (nSPS) is 28.1. The average Bonchev–Trinajstić information content (AvgIpc) is 2.37. The van der Waals surface area contributed by atoms with Crippen molar-refractivity contribution in [2.24, 2.45) is 0 Å². The van der Waals surface area contributed by atoms with Crippen molar-refractivity contribution in [1.82, 2.24) is 5.32 Å². The summed E-state index contributed by atoms with van der Waals surface area (Å²) in [4.78, 5) is 0. The number of benzene rings is 1. The fourth-order valence-corrected chi connectivity index (χ4v) is 3.32. The van der Waals surface area contributed by atoms with E-state index in [-0.39, 0.29) is 0 Å². The highest BCUT2D eigenvalue weighted by atomic mass is 16.5. The van der Waals surface area contributed by atoms with Gasteiger partial charge >= 0.3 is 0 Å². The van der Waals surface area contributed by atoms with Crippen LogP contribution in [0.2, 0.25) is 0 Å². The van der Waals surface area contributed by atoms with Gasteiger partial charge in [0.2, 0.25) is 0 Å². The van der Waals surface area contributed by atoms with Crippen molar-refractivity contribution in [2.75, 3.05) is 13.7 Å². The van der Waals surface area contributed by atoms with E-state index >= 15 is 0 Å². The van der Waals surface area contributed by atoms with Crippen LogP contribution in [0.1, 0.15) is 36.3 Å². The quantitative estimate of drug-likeness (QED) is 0.780. The Morgan fingerprint density at radius 3 is 3.12 bits per heavy atom. The van der Waals surface area contributed by atoms with Gasteiger partial charge in [0, 0.05) is 17.5 Å². The van der Waals surface area contributed by atoms with Crippen LogP contribution in [0.4, 0.5) is 0 Å². The molecule has 0 bridgehead atoms. The molecule has 2 aliphatic rings. The molecule has 1 aromatic rings. The molecule has 16 heavy (non-hydrogen) atoms. The van der Waals surface area contributed by atoms with Crippen molar-refractivity contribution in [3.05, 3.63) is 29.3 Å². The molecule has 0 amide bonds. The lowest BCUT2D eigenvalue weighted by Gasteiger charge is -2.38. The van der Waals surface area contributed by atoms with Crippen LogP contribution in [0.5, 0.6) is 5.75 Å². The lowest BCUT2D eigenvalue weighted by molar-refractivity contribution is 0.307. The lowest BCUT2D eigenvalue weighted by atomic mass is 9.75. The molecule has 2 atom stereocenters. The molecule has 3 rings (SSSR count). The summed E-state index contributed by atoms with van der Waals surface area (Å²) in [5.41, 5.74) is 2.98. The standard InChI is InChI=1S/C14H19NO/c1-16-13-6-2-4-10-7-8-12-11(14(10)13)5-3-9-15-12/h2,4,6,11-12,15H,3,5,7-9H2,1H3/t11?,12-/m0/s1. The van der Waals surface area contributed by atoms with Crippen LogP contribution in [-0.2, 0) is 6.42 Å². The first-order valence-electron chi connectivity index (χ1n) is 6.29. The van der Waals surface area contributed by atoms with E-state index in [0.717, 1.165) is 5.75 Å².